The summed E-state index contributed by atoms with van der Waals surface area (Å²) in [5.41, 5.74) is 6.29. The second kappa shape index (κ2) is 4.11. The van der Waals surface area contributed by atoms with Gasteiger partial charge in [0.15, 0.2) is 0 Å². The highest BCUT2D eigenvalue weighted by Gasteiger charge is 2.16. The zero-order chi connectivity index (χ0) is 10.0. The Morgan fingerprint density at radius 3 is 2.69 bits per heavy atom. The SMILES string of the molecule is Cc1cc(Br)nc(C(F)F)c1CN. The first-order valence-electron chi connectivity index (χ1n) is 3.70. The number of nitrogens with zero attached hydrogens (tertiary/aromatic N) is 1. The molecule has 0 atom stereocenters. The van der Waals surface area contributed by atoms with Crippen molar-refractivity contribution in [2.75, 3.05) is 0 Å². The molecule has 0 bridgehead atoms. The molecule has 13 heavy (non-hydrogen) atoms. The third-order valence-corrected chi connectivity index (χ3v) is 2.17. The van der Waals surface area contributed by atoms with Crippen molar-refractivity contribution in [2.24, 2.45) is 5.73 Å². The summed E-state index contributed by atoms with van der Waals surface area (Å²) in [7, 11) is 0. The van der Waals surface area contributed by atoms with Gasteiger partial charge in [-0.15, -0.1) is 0 Å². The number of hydrogen-bond donors (Lipinski definition) is 1. The van der Waals surface area contributed by atoms with Crippen molar-refractivity contribution in [3.63, 3.8) is 0 Å². The molecule has 0 aromatic carbocycles. The maximum absolute atomic E-state index is 12.4. The van der Waals surface area contributed by atoms with Crippen LogP contribution in [0.15, 0.2) is 10.7 Å². The van der Waals surface area contributed by atoms with E-state index >= 15 is 0 Å². The van der Waals surface area contributed by atoms with Gasteiger partial charge < -0.3 is 5.73 Å². The van der Waals surface area contributed by atoms with Crippen LogP contribution in [0.5, 0.6) is 0 Å². The van der Waals surface area contributed by atoms with Gasteiger partial charge in [-0.3, -0.25) is 0 Å². The van der Waals surface area contributed by atoms with E-state index in [1.165, 1.54) is 0 Å². The first kappa shape index (κ1) is 10.5. The fourth-order valence-corrected chi connectivity index (χ4v) is 1.66. The predicted molar refractivity (Wildman–Crippen MR) is 49.5 cm³/mol. The van der Waals surface area contributed by atoms with Gasteiger partial charge in [0, 0.05) is 6.54 Å². The van der Waals surface area contributed by atoms with E-state index in [2.05, 4.69) is 20.9 Å². The Kier molecular flexibility index (Phi) is 3.33. The predicted octanol–water partition coefficient (Wildman–Crippen LogP) is 2.55. The molecule has 0 amide bonds. The molecule has 1 aromatic heterocycles. The average Bonchev–Trinajstić information content (AvgIpc) is 2.02. The molecule has 0 saturated carbocycles. The van der Waals surface area contributed by atoms with Gasteiger partial charge in [-0.05, 0) is 40.0 Å². The van der Waals surface area contributed by atoms with Crippen LogP contribution in [0.3, 0.4) is 0 Å². The molecule has 0 fully saturated rings. The summed E-state index contributed by atoms with van der Waals surface area (Å²) in [5.74, 6) is 0. The molecule has 0 spiro atoms. The lowest BCUT2D eigenvalue weighted by Crippen LogP contribution is -2.07. The fraction of sp³-hybridized carbons (Fsp3) is 0.375. The molecule has 0 saturated heterocycles. The van der Waals surface area contributed by atoms with Gasteiger partial charge in [-0.1, -0.05) is 0 Å². The molecule has 1 rings (SSSR count). The second-order valence-corrected chi connectivity index (χ2v) is 3.44. The van der Waals surface area contributed by atoms with Crippen LogP contribution < -0.4 is 5.73 Å². The lowest BCUT2D eigenvalue weighted by molar-refractivity contribution is 0.144. The van der Waals surface area contributed by atoms with Crippen LogP contribution in [0.2, 0.25) is 0 Å². The molecular formula is C8H9BrF2N2. The summed E-state index contributed by atoms with van der Waals surface area (Å²) in [6.07, 6.45) is -2.57. The van der Waals surface area contributed by atoms with E-state index in [0.717, 1.165) is 5.56 Å². The smallest absolute Gasteiger partial charge is 0.280 e. The summed E-state index contributed by atoms with van der Waals surface area (Å²) < 4.78 is 25.3. The minimum absolute atomic E-state index is 0.0891. The Labute approximate surface area is 83.3 Å². The van der Waals surface area contributed by atoms with Gasteiger partial charge in [-0.2, -0.15) is 0 Å². The average molecular weight is 251 g/mol. The summed E-state index contributed by atoms with van der Waals surface area (Å²) in [4.78, 5) is 3.69. The van der Waals surface area contributed by atoms with E-state index in [0.29, 0.717) is 10.2 Å². The van der Waals surface area contributed by atoms with Crippen molar-refractivity contribution in [1.29, 1.82) is 0 Å². The number of pyridine rings is 1. The molecule has 0 aliphatic heterocycles. The number of aryl methyl sites for hydroxylation is 1. The molecule has 1 heterocycles. The Morgan fingerprint density at radius 1 is 1.62 bits per heavy atom. The molecule has 0 aliphatic carbocycles. The number of nitrogens with two attached hydrogens (primary N) is 1. The Balaban J connectivity index is 3.29. The van der Waals surface area contributed by atoms with Crippen molar-refractivity contribution in [2.45, 2.75) is 19.9 Å². The van der Waals surface area contributed by atoms with Gasteiger partial charge in [0.25, 0.3) is 6.43 Å². The highest BCUT2D eigenvalue weighted by Crippen LogP contribution is 2.25. The van der Waals surface area contributed by atoms with Gasteiger partial charge in [-0.25, -0.2) is 13.8 Å². The summed E-state index contributed by atoms with van der Waals surface area (Å²) >= 11 is 3.06. The van der Waals surface area contributed by atoms with Crippen molar-refractivity contribution >= 4 is 15.9 Å². The normalized spacial score (nSPS) is 10.9. The zero-order valence-corrected chi connectivity index (χ0v) is 8.61. The molecule has 2 N–H and O–H groups in total. The molecule has 72 valence electrons. The van der Waals surface area contributed by atoms with Gasteiger partial charge in [0.1, 0.15) is 10.3 Å². The molecule has 2 nitrogen and oxygen atoms in total. The lowest BCUT2D eigenvalue weighted by atomic mass is 10.1. The summed E-state index contributed by atoms with van der Waals surface area (Å²) in [6, 6.07) is 1.67. The van der Waals surface area contributed by atoms with E-state index in [1.807, 2.05) is 0 Å². The molecule has 0 unspecified atom stereocenters. The van der Waals surface area contributed by atoms with Gasteiger partial charge in [0.2, 0.25) is 0 Å². The number of rotatable bonds is 2. The van der Waals surface area contributed by atoms with Crippen LogP contribution in [0, 0.1) is 6.92 Å². The maximum atomic E-state index is 12.4. The fourth-order valence-electron chi connectivity index (χ4n) is 1.13. The molecular weight excluding hydrogens is 242 g/mol. The quantitative estimate of drug-likeness (QED) is 0.820. The van der Waals surface area contributed by atoms with Crippen molar-refractivity contribution in [3.8, 4) is 0 Å². The number of hydrogen-bond acceptors (Lipinski definition) is 2. The first-order chi connectivity index (χ1) is 6.06. The van der Waals surface area contributed by atoms with Gasteiger partial charge in [0.05, 0.1) is 0 Å². The highest BCUT2D eigenvalue weighted by molar-refractivity contribution is 9.10. The van der Waals surface area contributed by atoms with E-state index in [9.17, 15) is 8.78 Å². The lowest BCUT2D eigenvalue weighted by Gasteiger charge is -2.09. The summed E-state index contributed by atoms with van der Waals surface area (Å²) in [6.45, 7) is 1.83. The minimum atomic E-state index is -2.57. The van der Waals surface area contributed by atoms with Crippen molar-refractivity contribution < 1.29 is 8.78 Å². The number of alkyl halides is 2. The van der Waals surface area contributed by atoms with Crippen LogP contribution in [0.4, 0.5) is 8.78 Å². The van der Waals surface area contributed by atoms with E-state index < -0.39 is 6.43 Å². The highest BCUT2D eigenvalue weighted by atomic mass is 79.9. The second-order valence-electron chi connectivity index (χ2n) is 2.63. The number of aromatic nitrogens is 1. The van der Waals surface area contributed by atoms with Crippen molar-refractivity contribution in [1.82, 2.24) is 4.98 Å². The first-order valence-corrected chi connectivity index (χ1v) is 4.49. The summed E-state index contributed by atoms with van der Waals surface area (Å²) in [5, 5.41) is 0. The monoisotopic (exact) mass is 250 g/mol. The molecule has 1 aromatic rings. The molecule has 5 heteroatoms. The van der Waals surface area contributed by atoms with Crippen LogP contribution >= 0.6 is 15.9 Å². The van der Waals surface area contributed by atoms with E-state index in [-0.39, 0.29) is 12.2 Å². The number of halogens is 3. The van der Waals surface area contributed by atoms with Crippen LogP contribution in [0.25, 0.3) is 0 Å². The molecule has 0 radical (unpaired) electrons. The standard InChI is InChI=1S/C8H9BrF2N2/c1-4-2-6(9)13-7(8(10)11)5(4)3-12/h2,8H,3,12H2,1H3. The van der Waals surface area contributed by atoms with Crippen molar-refractivity contribution in [3.05, 3.63) is 27.5 Å². The van der Waals surface area contributed by atoms with Crippen LogP contribution in [0.1, 0.15) is 23.2 Å². The van der Waals surface area contributed by atoms with E-state index in [1.54, 1.807) is 13.0 Å². The molecule has 0 aliphatic rings. The maximum Gasteiger partial charge on any atom is 0.280 e. The third kappa shape index (κ3) is 2.22. The largest absolute Gasteiger partial charge is 0.326 e. The Morgan fingerprint density at radius 2 is 2.23 bits per heavy atom. The minimum Gasteiger partial charge on any atom is -0.326 e. The Hall–Kier alpha value is -0.550. The van der Waals surface area contributed by atoms with Crippen LogP contribution in [-0.4, -0.2) is 4.98 Å². The third-order valence-electron chi connectivity index (χ3n) is 1.76. The van der Waals surface area contributed by atoms with E-state index in [4.69, 9.17) is 5.73 Å². The van der Waals surface area contributed by atoms with Crippen LogP contribution in [-0.2, 0) is 6.54 Å². The topological polar surface area (TPSA) is 38.9 Å². The zero-order valence-electron chi connectivity index (χ0n) is 7.02. The van der Waals surface area contributed by atoms with Gasteiger partial charge >= 0.3 is 0 Å². The Bertz CT molecular complexity index is 315.